The molecule has 0 radical (unpaired) electrons. The van der Waals surface area contributed by atoms with Gasteiger partial charge < -0.3 is 15.0 Å². The highest BCUT2D eigenvalue weighted by Gasteiger charge is 2.25. The number of carbonyl (C=O) groups is 1. The van der Waals surface area contributed by atoms with E-state index in [0.29, 0.717) is 18.7 Å². The number of hydrogen-bond acceptors (Lipinski definition) is 5. The number of aromatic nitrogens is 1. The molecular formula is C15H25N3O2S. The van der Waals surface area contributed by atoms with Crippen molar-refractivity contribution in [2.75, 3.05) is 19.7 Å². The number of likely N-dealkylation sites (tertiary alicyclic amines) is 1. The van der Waals surface area contributed by atoms with Crippen molar-refractivity contribution in [2.45, 2.75) is 52.1 Å². The molecule has 1 aromatic rings. The highest BCUT2D eigenvalue weighted by Crippen LogP contribution is 2.23. The molecule has 0 aromatic carbocycles. The topological polar surface area (TPSA) is 54.5 Å². The van der Waals surface area contributed by atoms with Gasteiger partial charge in [0.25, 0.3) is 0 Å². The SMILES string of the molecule is CCOC(=O)N1CCC(NC(CC)c2nc(C)cs2)CC1. The summed E-state index contributed by atoms with van der Waals surface area (Å²) in [6.45, 7) is 8.03. The third-order valence-corrected chi connectivity index (χ3v) is 4.88. The molecule has 5 nitrogen and oxygen atoms in total. The first kappa shape index (κ1) is 16.2. The van der Waals surface area contributed by atoms with Crippen LogP contribution in [0.1, 0.15) is 49.9 Å². The lowest BCUT2D eigenvalue weighted by Gasteiger charge is -2.33. The molecule has 0 aliphatic carbocycles. The monoisotopic (exact) mass is 311 g/mol. The van der Waals surface area contributed by atoms with Crippen LogP contribution in [0.15, 0.2) is 5.38 Å². The van der Waals surface area contributed by atoms with Gasteiger partial charge in [0.15, 0.2) is 0 Å². The molecule has 2 heterocycles. The molecule has 118 valence electrons. The van der Waals surface area contributed by atoms with Crippen molar-refractivity contribution in [2.24, 2.45) is 0 Å². The second kappa shape index (κ2) is 7.75. The summed E-state index contributed by atoms with van der Waals surface area (Å²) in [6.07, 6.45) is 2.79. The van der Waals surface area contributed by atoms with Crippen molar-refractivity contribution in [3.8, 4) is 0 Å². The zero-order valence-corrected chi connectivity index (χ0v) is 13.9. The van der Waals surface area contributed by atoms with Gasteiger partial charge in [0.1, 0.15) is 5.01 Å². The van der Waals surface area contributed by atoms with Gasteiger partial charge in [-0.2, -0.15) is 0 Å². The molecule has 6 heteroatoms. The summed E-state index contributed by atoms with van der Waals surface area (Å²) in [5, 5.41) is 6.97. The minimum Gasteiger partial charge on any atom is -0.450 e. The fourth-order valence-electron chi connectivity index (χ4n) is 2.62. The first-order valence-corrected chi connectivity index (χ1v) is 8.61. The Hall–Kier alpha value is -1.14. The number of rotatable bonds is 5. The normalized spacial score (nSPS) is 17.8. The molecule has 1 fully saturated rings. The molecule has 0 bridgehead atoms. The van der Waals surface area contributed by atoms with Gasteiger partial charge in [0.05, 0.1) is 12.6 Å². The van der Waals surface area contributed by atoms with E-state index in [1.165, 1.54) is 5.01 Å². The van der Waals surface area contributed by atoms with Crippen LogP contribution >= 0.6 is 11.3 Å². The van der Waals surface area contributed by atoms with E-state index in [9.17, 15) is 4.79 Å². The number of ether oxygens (including phenoxy) is 1. The van der Waals surface area contributed by atoms with Crippen molar-refractivity contribution in [3.63, 3.8) is 0 Å². The van der Waals surface area contributed by atoms with Crippen LogP contribution in [-0.2, 0) is 4.74 Å². The number of amides is 1. The fourth-order valence-corrected chi connectivity index (χ4v) is 3.56. The lowest BCUT2D eigenvalue weighted by atomic mass is 10.0. The van der Waals surface area contributed by atoms with Gasteiger partial charge in [-0.1, -0.05) is 6.92 Å². The minimum absolute atomic E-state index is 0.182. The lowest BCUT2D eigenvalue weighted by molar-refractivity contribution is 0.0941. The summed E-state index contributed by atoms with van der Waals surface area (Å²) in [5.41, 5.74) is 1.09. The van der Waals surface area contributed by atoms with E-state index in [0.717, 1.165) is 38.0 Å². The molecule has 1 atom stereocenters. The van der Waals surface area contributed by atoms with Crippen LogP contribution in [0.4, 0.5) is 4.79 Å². The van der Waals surface area contributed by atoms with Crippen LogP contribution in [0, 0.1) is 6.92 Å². The molecule has 2 rings (SSSR count). The van der Waals surface area contributed by atoms with Crippen LogP contribution in [0.25, 0.3) is 0 Å². The van der Waals surface area contributed by atoms with Crippen LogP contribution in [0.3, 0.4) is 0 Å². The maximum atomic E-state index is 11.7. The Kier molecular flexibility index (Phi) is 5.99. The molecule has 1 N–H and O–H groups in total. The number of piperidine rings is 1. The van der Waals surface area contributed by atoms with Gasteiger partial charge >= 0.3 is 6.09 Å². The Morgan fingerprint density at radius 2 is 2.24 bits per heavy atom. The summed E-state index contributed by atoms with van der Waals surface area (Å²) >= 11 is 1.72. The van der Waals surface area contributed by atoms with Gasteiger partial charge in [-0.15, -0.1) is 11.3 Å². The molecular weight excluding hydrogens is 286 g/mol. The Morgan fingerprint density at radius 1 is 1.52 bits per heavy atom. The van der Waals surface area contributed by atoms with E-state index in [-0.39, 0.29) is 6.09 Å². The zero-order chi connectivity index (χ0) is 15.2. The molecule has 1 aliphatic rings. The largest absolute Gasteiger partial charge is 0.450 e. The summed E-state index contributed by atoms with van der Waals surface area (Å²) in [7, 11) is 0. The number of hydrogen-bond donors (Lipinski definition) is 1. The van der Waals surface area contributed by atoms with Crippen molar-refractivity contribution in [1.29, 1.82) is 0 Å². The third kappa shape index (κ3) is 4.41. The number of nitrogens with one attached hydrogen (secondary N) is 1. The van der Waals surface area contributed by atoms with Gasteiger partial charge in [-0.25, -0.2) is 9.78 Å². The van der Waals surface area contributed by atoms with E-state index < -0.39 is 0 Å². The predicted octanol–water partition coefficient (Wildman–Crippen LogP) is 3.11. The lowest BCUT2D eigenvalue weighted by Crippen LogP contribution is -2.45. The first-order chi connectivity index (χ1) is 10.1. The van der Waals surface area contributed by atoms with E-state index in [1.54, 1.807) is 16.2 Å². The standard InChI is InChI=1S/C15H25N3O2S/c1-4-13(14-16-11(3)10-21-14)17-12-6-8-18(9-7-12)15(19)20-5-2/h10,12-13,17H,4-9H2,1-3H3. The average molecular weight is 311 g/mol. The van der Waals surface area contributed by atoms with Crippen LogP contribution in [0.5, 0.6) is 0 Å². The van der Waals surface area contributed by atoms with Crippen molar-refractivity contribution in [3.05, 3.63) is 16.1 Å². The summed E-state index contributed by atoms with van der Waals surface area (Å²) < 4.78 is 5.05. The van der Waals surface area contributed by atoms with Crippen molar-refractivity contribution < 1.29 is 9.53 Å². The average Bonchev–Trinajstić information content (AvgIpc) is 2.92. The Balaban J connectivity index is 1.83. The van der Waals surface area contributed by atoms with Gasteiger partial charge in [-0.3, -0.25) is 0 Å². The van der Waals surface area contributed by atoms with Crippen molar-refractivity contribution in [1.82, 2.24) is 15.2 Å². The third-order valence-electron chi connectivity index (χ3n) is 3.80. The minimum atomic E-state index is -0.182. The van der Waals surface area contributed by atoms with Gasteiger partial charge in [0, 0.05) is 30.2 Å². The van der Waals surface area contributed by atoms with Gasteiger partial charge in [-0.05, 0) is 33.1 Å². The maximum absolute atomic E-state index is 11.7. The smallest absolute Gasteiger partial charge is 0.409 e. The fraction of sp³-hybridized carbons (Fsp3) is 0.733. The molecule has 1 saturated heterocycles. The van der Waals surface area contributed by atoms with E-state index in [4.69, 9.17) is 4.74 Å². The molecule has 0 saturated carbocycles. The van der Waals surface area contributed by atoms with E-state index in [1.807, 2.05) is 13.8 Å². The van der Waals surface area contributed by atoms with Crippen LogP contribution in [0.2, 0.25) is 0 Å². The van der Waals surface area contributed by atoms with Gasteiger partial charge in [0.2, 0.25) is 0 Å². The molecule has 1 amide bonds. The first-order valence-electron chi connectivity index (χ1n) is 7.73. The second-order valence-electron chi connectivity index (χ2n) is 5.41. The van der Waals surface area contributed by atoms with E-state index >= 15 is 0 Å². The molecule has 0 spiro atoms. The highest BCUT2D eigenvalue weighted by molar-refractivity contribution is 7.09. The Labute approximate surface area is 130 Å². The Morgan fingerprint density at radius 3 is 2.76 bits per heavy atom. The molecule has 1 aromatic heterocycles. The highest BCUT2D eigenvalue weighted by atomic mass is 32.1. The molecule has 1 aliphatic heterocycles. The number of thiazole rings is 1. The molecule has 21 heavy (non-hydrogen) atoms. The van der Waals surface area contributed by atoms with E-state index in [2.05, 4.69) is 22.6 Å². The number of carbonyl (C=O) groups excluding carboxylic acids is 1. The molecule has 1 unspecified atom stereocenters. The van der Waals surface area contributed by atoms with Crippen LogP contribution in [-0.4, -0.2) is 41.7 Å². The summed E-state index contributed by atoms with van der Waals surface area (Å²) in [6, 6.07) is 0.771. The predicted molar refractivity (Wildman–Crippen MR) is 84.6 cm³/mol. The maximum Gasteiger partial charge on any atom is 0.409 e. The number of aryl methyl sites for hydroxylation is 1. The second-order valence-corrected chi connectivity index (χ2v) is 6.30. The van der Waals surface area contributed by atoms with Crippen LogP contribution < -0.4 is 5.32 Å². The van der Waals surface area contributed by atoms with Crippen molar-refractivity contribution >= 4 is 17.4 Å². The Bertz CT molecular complexity index is 456. The number of nitrogens with zero attached hydrogens (tertiary/aromatic N) is 2. The summed E-state index contributed by atoms with van der Waals surface area (Å²) in [5.74, 6) is 0. The quantitative estimate of drug-likeness (QED) is 0.908. The summed E-state index contributed by atoms with van der Waals surface area (Å²) in [4.78, 5) is 18.1. The zero-order valence-electron chi connectivity index (χ0n) is 13.1.